The van der Waals surface area contributed by atoms with Gasteiger partial charge in [-0.3, -0.25) is 4.90 Å². The lowest BCUT2D eigenvalue weighted by Crippen LogP contribution is -2.46. The number of likely N-dealkylation sites (tertiary alicyclic amines) is 1. The monoisotopic (exact) mass is 303 g/mol. The Bertz CT molecular complexity index is 443. The van der Waals surface area contributed by atoms with Crippen LogP contribution >= 0.6 is 0 Å². The van der Waals surface area contributed by atoms with E-state index in [0.29, 0.717) is 11.8 Å². The molecule has 0 aliphatic carbocycles. The number of allylic oxidation sites excluding steroid dienone is 1. The van der Waals surface area contributed by atoms with E-state index in [1.54, 1.807) is 14.1 Å². The van der Waals surface area contributed by atoms with E-state index in [2.05, 4.69) is 36.5 Å². The molecule has 0 unspecified atom stereocenters. The topological polar surface area (TPSA) is 52.7 Å². The molecule has 1 fully saturated rings. The van der Waals surface area contributed by atoms with Crippen LogP contribution in [0.3, 0.4) is 0 Å². The van der Waals surface area contributed by atoms with Gasteiger partial charge in [0.2, 0.25) is 0 Å². The van der Waals surface area contributed by atoms with Crippen molar-refractivity contribution in [3.63, 3.8) is 0 Å². The zero-order chi connectivity index (χ0) is 15.5. The van der Waals surface area contributed by atoms with Crippen molar-refractivity contribution < 1.29 is 8.42 Å². The quantitative estimate of drug-likeness (QED) is 0.753. The minimum absolute atomic E-state index is 0.00736. The minimum Gasteiger partial charge on any atom is -0.297 e. The van der Waals surface area contributed by atoms with Gasteiger partial charge in [0.15, 0.2) is 0 Å². The fourth-order valence-electron chi connectivity index (χ4n) is 2.58. The molecular formula is C14H29N3O2S. The summed E-state index contributed by atoms with van der Waals surface area (Å²) in [6, 6.07) is -0.00736. The third-order valence-corrected chi connectivity index (χ3v) is 5.61. The lowest BCUT2D eigenvalue weighted by Gasteiger charge is -2.24. The number of hydrogen-bond acceptors (Lipinski definition) is 3. The van der Waals surface area contributed by atoms with Gasteiger partial charge in [-0.25, -0.2) is 0 Å². The van der Waals surface area contributed by atoms with Crippen molar-refractivity contribution in [2.75, 3.05) is 33.7 Å². The van der Waals surface area contributed by atoms with Gasteiger partial charge in [-0.15, -0.1) is 0 Å². The van der Waals surface area contributed by atoms with E-state index in [9.17, 15) is 8.42 Å². The first-order chi connectivity index (χ1) is 9.17. The summed E-state index contributed by atoms with van der Waals surface area (Å²) >= 11 is 0. The maximum atomic E-state index is 12.0. The second kappa shape index (κ2) is 7.02. The Labute approximate surface area is 124 Å². The lowest BCUT2D eigenvalue weighted by molar-refractivity contribution is 0.319. The number of nitrogens with zero attached hydrogens (tertiary/aromatic N) is 2. The molecule has 1 N–H and O–H groups in total. The molecule has 118 valence electrons. The molecule has 0 spiro atoms. The molecule has 20 heavy (non-hydrogen) atoms. The van der Waals surface area contributed by atoms with Crippen molar-refractivity contribution in [3.05, 3.63) is 11.6 Å². The zero-order valence-corrected chi connectivity index (χ0v) is 14.4. The van der Waals surface area contributed by atoms with Crippen LogP contribution < -0.4 is 4.72 Å². The lowest BCUT2D eigenvalue weighted by atomic mass is 9.92. The number of nitrogens with one attached hydrogen (secondary N) is 1. The Balaban J connectivity index is 2.78. The van der Waals surface area contributed by atoms with Gasteiger partial charge in [-0.1, -0.05) is 25.5 Å². The highest BCUT2D eigenvalue weighted by molar-refractivity contribution is 7.87. The Kier molecular flexibility index (Phi) is 6.19. The summed E-state index contributed by atoms with van der Waals surface area (Å²) in [5.41, 5.74) is 1.32. The molecule has 0 saturated carbocycles. The molecule has 1 heterocycles. The molecule has 5 nitrogen and oxygen atoms in total. The molecule has 0 radical (unpaired) electrons. The van der Waals surface area contributed by atoms with Crippen molar-refractivity contribution >= 4 is 10.2 Å². The van der Waals surface area contributed by atoms with Crippen LogP contribution in [0, 0.1) is 11.8 Å². The molecule has 1 saturated heterocycles. The van der Waals surface area contributed by atoms with Gasteiger partial charge in [0, 0.05) is 39.8 Å². The maximum Gasteiger partial charge on any atom is 0.279 e. The van der Waals surface area contributed by atoms with Gasteiger partial charge in [-0.2, -0.15) is 17.4 Å². The van der Waals surface area contributed by atoms with Gasteiger partial charge in [0.25, 0.3) is 10.2 Å². The van der Waals surface area contributed by atoms with E-state index >= 15 is 0 Å². The highest BCUT2D eigenvalue weighted by Crippen LogP contribution is 2.25. The van der Waals surface area contributed by atoms with Crippen LogP contribution in [-0.4, -0.2) is 57.4 Å². The van der Waals surface area contributed by atoms with Gasteiger partial charge in [0.1, 0.15) is 0 Å². The van der Waals surface area contributed by atoms with E-state index in [1.165, 1.54) is 9.88 Å². The Morgan fingerprint density at radius 3 is 2.45 bits per heavy atom. The molecule has 1 aliphatic rings. The fraction of sp³-hybridized carbons (Fsp3) is 0.857. The summed E-state index contributed by atoms with van der Waals surface area (Å²) in [5, 5.41) is 0. The number of hydrogen-bond donors (Lipinski definition) is 1. The van der Waals surface area contributed by atoms with E-state index in [0.717, 1.165) is 19.6 Å². The van der Waals surface area contributed by atoms with E-state index < -0.39 is 10.2 Å². The molecular weight excluding hydrogens is 274 g/mol. The molecule has 1 aliphatic heterocycles. The average Bonchev–Trinajstić information content (AvgIpc) is 2.70. The predicted molar refractivity (Wildman–Crippen MR) is 83.7 cm³/mol. The van der Waals surface area contributed by atoms with Crippen LogP contribution in [0.5, 0.6) is 0 Å². The summed E-state index contributed by atoms with van der Waals surface area (Å²) in [6.45, 7) is 11.1. The largest absolute Gasteiger partial charge is 0.297 e. The third-order valence-electron chi connectivity index (χ3n) is 4.04. The normalized spacial score (nSPS) is 25.9. The number of rotatable bonds is 6. The summed E-state index contributed by atoms with van der Waals surface area (Å²) in [6.07, 6.45) is 2.11. The van der Waals surface area contributed by atoms with Crippen molar-refractivity contribution in [1.82, 2.24) is 13.9 Å². The molecule has 0 aromatic carbocycles. The second-order valence-corrected chi connectivity index (χ2v) is 8.16. The van der Waals surface area contributed by atoms with Crippen molar-refractivity contribution in [1.29, 1.82) is 0 Å². The van der Waals surface area contributed by atoms with Crippen molar-refractivity contribution in [2.45, 2.75) is 33.7 Å². The van der Waals surface area contributed by atoms with Gasteiger partial charge >= 0.3 is 0 Å². The fourth-order valence-corrected chi connectivity index (χ4v) is 3.43. The second-order valence-electron chi connectivity index (χ2n) is 6.25. The van der Waals surface area contributed by atoms with Crippen LogP contribution in [0.25, 0.3) is 0 Å². The molecule has 6 heteroatoms. The van der Waals surface area contributed by atoms with Crippen LogP contribution in [0.4, 0.5) is 0 Å². The molecule has 0 amide bonds. The average molecular weight is 303 g/mol. The van der Waals surface area contributed by atoms with E-state index in [1.807, 2.05) is 6.92 Å². The first kappa shape index (κ1) is 17.6. The van der Waals surface area contributed by atoms with Crippen LogP contribution in [0.15, 0.2) is 11.6 Å². The minimum atomic E-state index is -3.36. The van der Waals surface area contributed by atoms with Gasteiger partial charge < -0.3 is 0 Å². The summed E-state index contributed by atoms with van der Waals surface area (Å²) < 4.78 is 28.1. The van der Waals surface area contributed by atoms with E-state index in [-0.39, 0.29) is 6.04 Å². The van der Waals surface area contributed by atoms with Crippen LogP contribution in [-0.2, 0) is 10.2 Å². The highest BCUT2D eigenvalue weighted by Gasteiger charge is 2.37. The smallest absolute Gasteiger partial charge is 0.279 e. The Morgan fingerprint density at radius 1 is 1.40 bits per heavy atom. The molecule has 0 bridgehead atoms. The standard InChI is InChI=1S/C14H29N3O2S/c1-7-12(4)8-17-9-13(11(2)3)14(10-17)15-20(18,19)16(5)6/h7,11,13-15H,8-10H2,1-6H3/t13-,14+/m1/s1. The van der Waals surface area contributed by atoms with Crippen molar-refractivity contribution in [2.24, 2.45) is 11.8 Å². The molecule has 0 aromatic heterocycles. The summed E-state index contributed by atoms with van der Waals surface area (Å²) in [7, 11) is -0.246. The Morgan fingerprint density at radius 2 is 2.00 bits per heavy atom. The zero-order valence-electron chi connectivity index (χ0n) is 13.5. The molecule has 2 atom stereocenters. The van der Waals surface area contributed by atoms with Crippen LogP contribution in [0.2, 0.25) is 0 Å². The molecule has 1 rings (SSSR count). The highest BCUT2D eigenvalue weighted by atomic mass is 32.2. The first-order valence-corrected chi connectivity index (χ1v) is 8.65. The third kappa shape index (κ3) is 4.55. The summed E-state index contributed by atoms with van der Waals surface area (Å²) in [4.78, 5) is 2.34. The van der Waals surface area contributed by atoms with Crippen LogP contribution in [0.1, 0.15) is 27.7 Å². The SMILES string of the molecule is CC=C(C)CN1C[C@H](NS(=O)(=O)N(C)C)[C@@H](C(C)C)C1. The first-order valence-electron chi connectivity index (χ1n) is 7.21. The molecule has 0 aromatic rings. The Hall–Kier alpha value is -0.430. The maximum absolute atomic E-state index is 12.0. The van der Waals surface area contributed by atoms with Crippen molar-refractivity contribution in [3.8, 4) is 0 Å². The summed E-state index contributed by atoms with van der Waals surface area (Å²) in [5.74, 6) is 0.815. The van der Waals surface area contributed by atoms with E-state index in [4.69, 9.17) is 0 Å². The van der Waals surface area contributed by atoms with Gasteiger partial charge in [-0.05, 0) is 25.7 Å². The predicted octanol–water partition coefficient (Wildman–Crippen LogP) is 1.31. The van der Waals surface area contributed by atoms with Gasteiger partial charge in [0.05, 0.1) is 0 Å².